The van der Waals surface area contributed by atoms with Crippen LogP contribution in [0.3, 0.4) is 0 Å². The summed E-state index contributed by atoms with van der Waals surface area (Å²) >= 11 is 7.20. The molecule has 2 fully saturated rings. The molecule has 11 heteroatoms. The van der Waals surface area contributed by atoms with E-state index in [4.69, 9.17) is 30.8 Å². The van der Waals surface area contributed by atoms with Gasteiger partial charge in [-0.25, -0.2) is 4.98 Å². The number of halogens is 1. The second-order valence-electron chi connectivity index (χ2n) is 13.3. The summed E-state index contributed by atoms with van der Waals surface area (Å²) in [4.78, 5) is 16.5. The van der Waals surface area contributed by atoms with Gasteiger partial charge in [0, 0.05) is 72.5 Å². The van der Waals surface area contributed by atoms with Crippen LogP contribution in [0, 0.1) is 5.92 Å². The van der Waals surface area contributed by atoms with E-state index in [1.165, 1.54) is 0 Å². The molecule has 266 valence electrons. The highest BCUT2D eigenvalue weighted by atomic mass is 35.5. The van der Waals surface area contributed by atoms with Gasteiger partial charge in [0.1, 0.15) is 11.5 Å². The number of pyridine rings is 1. The summed E-state index contributed by atoms with van der Waals surface area (Å²) < 4.78 is 19.5. The molecule has 10 nitrogen and oxygen atoms in total. The Hall–Kier alpha value is -4.61. The predicted molar refractivity (Wildman–Crippen MR) is 200 cm³/mol. The number of ether oxygens (including phenoxy) is 3. The number of methoxy groups -OCH3 is 3. The predicted octanol–water partition coefficient (Wildman–Crippen LogP) is 6.27. The quantitative estimate of drug-likeness (QED) is 0.107. The molecule has 2 aliphatic rings. The molecule has 7 rings (SSSR count). The van der Waals surface area contributed by atoms with Crippen molar-refractivity contribution in [1.29, 1.82) is 0 Å². The Morgan fingerprint density at radius 2 is 1.63 bits per heavy atom. The number of rotatable bonds is 14. The molecule has 1 aliphatic heterocycles. The summed E-state index contributed by atoms with van der Waals surface area (Å²) in [5.74, 6) is 2.60. The van der Waals surface area contributed by atoms with Gasteiger partial charge in [-0.2, -0.15) is 0 Å². The Bertz CT molecular complexity index is 2020. The van der Waals surface area contributed by atoms with Gasteiger partial charge in [-0.15, -0.1) is 0 Å². The van der Waals surface area contributed by atoms with E-state index in [2.05, 4.69) is 38.7 Å². The van der Waals surface area contributed by atoms with Gasteiger partial charge in [0.25, 0.3) is 0 Å². The van der Waals surface area contributed by atoms with Gasteiger partial charge in [-0.3, -0.25) is 4.79 Å². The fourth-order valence-electron chi connectivity index (χ4n) is 7.26. The summed E-state index contributed by atoms with van der Waals surface area (Å²) in [7, 11) is 4.96. The van der Waals surface area contributed by atoms with Crippen molar-refractivity contribution in [3.05, 3.63) is 89.1 Å². The highest BCUT2D eigenvalue weighted by Crippen LogP contribution is 2.41. The van der Waals surface area contributed by atoms with E-state index >= 15 is 0 Å². The fraction of sp³-hybridized carbons (Fsp3) is 0.350. The number of hydrogen-bond donors (Lipinski definition) is 4. The van der Waals surface area contributed by atoms with Crippen molar-refractivity contribution < 1.29 is 24.1 Å². The lowest BCUT2D eigenvalue weighted by atomic mass is 9.82. The molecule has 0 bridgehead atoms. The van der Waals surface area contributed by atoms with Crippen molar-refractivity contribution in [1.82, 2.24) is 25.5 Å². The van der Waals surface area contributed by atoms with Gasteiger partial charge in [0.2, 0.25) is 11.8 Å². The average molecular weight is 710 g/mol. The number of carbonyl (C=O) groups is 1. The smallest absolute Gasteiger partial charge is 0.220 e. The second-order valence-corrected chi connectivity index (χ2v) is 13.7. The van der Waals surface area contributed by atoms with Crippen LogP contribution in [0.15, 0.2) is 72.9 Å². The van der Waals surface area contributed by atoms with Crippen LogP contribution >= 0.6 is 11.6 Å². The van der Waals surface area contributed by atoms with Crippen LogP contribution in [0.5, 0.6) is 17.4 Å². The van der Waals surface area contributed by atoms with Crippen molar-refractivity contribution in [2.24, 2.45) is 5.92 Å². The van der Waals surface area contributed by atoms with Crippen molar-refractivity contribution in [2.45, 2.75) is 50.9 Å². The van der Waals surface area contributed by atoms with Crippen LogP contribution in [-0.2, 0) is 17.9 Å². The van der Waals surface area contributed by atoms with Gasteiger partial charge in [0.05, 0.1) is 54.9 Å². The highest BCUT2D eigenvalue weighted by Gasteiger charge is 2.26. The normalized spacial score (nSPS) is 18.5. The van der Waals surface area contributed by atoms with Gasteiger partial charge >= 0.3 is 0 Å². The molecule has 3 heterocycles. The van der Waals surface area contributed by atoms with Crippen molar-refractivity contribution in [2.75, 3.05) is 34.4 Å². The summed E-state index contributed by atoms with van der Waals surface area (Å²) in [5.41, 5.74) is 7.26. The Morgan fingerprint density at radius 1 is 0.902 bits per heavy atom. The molecular weight excluding hydrogens is 666 g/mol. The van der Waals surface area contributed by atoms with E-state index in [9.17, 15) is 9.90 Å². The SMILES string of the molecule is COc1cc(-n2ccc3c(-c4cccc(-c5ccc(CNCC6CC(O)C6)c(OC)n5)c4Cl)cccc32)cc(OC)c1CNC[C@@H]1CCC(=O)N1. The van der Waals surface area contributed by atoms with Crippen LogP contribution in [0.1, 0.15) is 36.8 Å². The maximum absolute atomic E-state index is 11.6. The molecule has 1 saturated heterocycles. The number of aromatic nitrogens is 2. The standard InChI is InChI=1S/C40H44ClN5O5/c1-49-36-18-27(19-37(50-2)33(36)23-43-22-26-11-13-38(48)44-26)46-15-14-30-29(6-5-9-35(30)46)31-7-4-8-32(39(31)41)34-12-10-25(40(45-34)51-3)21-42-20-24-16-28(47)17-24/h4-10,12,14-15,18-19,24,26,28,42-43,47H,11,13,16-17,20-23H2,1-3H3,(H,44,48)/t24?,26-,28?/m0/s1. The van der Waals surface area contributed by atoms with Crippen molar-refractivity contribution in [3.63, 3.8) is 0 Å². The van der Waals surface area contributed by atoms with Crippen LogP contribution in [-0.4, -0.2) is 67.1 Å². The first-order chi connectivity index (χ1) is 24.9. The first kappa shape index (κ1) is 34.8. The minimum Gasteiger partial charge on any atom is -0.496 e. The average Bonchev–Trinajstić information content (AvgIpc) is 3.77. The fourth-order valence-corrected chi connectivity index (χ4v) is 7.58. The lowest BCUT2D eigenvalue weighted by Gasteiger charge is -2.31. The zero-order valence-electron chi connectivity index (χ0n) is 29.2. The third-order valence-corrected chi connectivity index (χ3v) is 10.4. The lowest BCUT2D eigenvalue weighted by molar-refractivity contribution is -0.119. The number of amides is 1. The zero-order valence-corrected chi connectivity index (χ0v) is 29.9. The molecule has 0 radical (unpaired) electrons. The Labute approximate surface area is 303 Å². The van der Waals surface area contributed by atoms with E-state index in [0.29, 0.717) is 54.4 Å². The zero-order chi connectivity index (χ0) is 35.5. The molecule has 0 spiro atoms. The van der Waals surface area contributed by atoms with E-state index in [1.54, 1.807) is 21.3 Å². The van der Waals surface area contributed by atoms with E-state index in [0.717, 1.165) is 75.9 Å². The van der Waals surface area contributed by atoms with Crippen LogP contribution < -0.4 is 30.2 Å². The summed E-state index contributed by atoms with van der Waals surface area (Å²) in [6, 6.07) is 22.5. The summed E-state index contributed by atoms with van der Waals surface area (Å²) in [6.07, 6.45) is 5.01. The van der Waals surface area contributed by atoms with Crippen LogP contribution in [0.2, 0.25) is 5.02 Å². The molecular formula is C40H44ClN5O5. The number of carbonyl (C=O) groups excluding carboxylic acids is 1. The lowest BCUT2D eigenvalue weighted by Crippen LogP contribution is -2.35. The topological polar surface area (TPSA) is 119 Å². The van der Waals surface area contributed by atoms with Crippen molar-refractivity contribution >= 4 is 28.4 Å². The molecule has 3 aromatic carbocycles. The number of hydrogen-bond acceptors (Lipinski definition) is 8. The molecule has 5 aromatic rings. The molecule has 1 atom stereocenters. The Balaban J connectivity index is 1.15. The largest absolute Gasteiger partial charge is 0.496 e. The minimum atomic E-state index is -0.154. The molecule has 1 saturated carbocycles. The minimum absolute atomic E-state index is 0.104. The number of nitrogens with zero attached hydrogens (tertiary/aromatic N) is 2. The van der Waals surface area contributed by atoms with Gasteiger partial charge in [0.15, 0.2) is 0 Å². The first-order valence-corrected chi connectivity index (χ1v) is 17.8. The number of fused-ring (bicyclic) bond motifs is 1. The molecule has 1 aliphatic carbocycles. The van der Waals surface area contributed by atoms with Gasteiger partial charge in [-0.1, -0.05) is 48.0 Å². The molecule has 2 aromatic heterocycles. The molecule has 4 N–H and O–H groups in total. The maximum atomic E-state index is 11.6. The Morgan fingerprint density at radius 3 is 2.33 bits per heavy atom. The number of benzene rings is 3. The third kappa shape index (κ3) is 7.27. The molecule has 0 unspecified atom stereocenters. The van der Waals surface area contributed by atoms with Crippen LogP contribution in [0.25, 0.3) is 39.0 Å². The van der Waals surface area contributed by atoms with Crippen LogP contribution in [0.4, 0.5) is 0 Å². The monoisotopic (exact) mass is 709 g/mol. The maximum Gasteiger partial charge on any atom is 0.220 e. The molecule has 51 heavy (non-hydrogen) atoms. The molecule has 1 amide bonds. The number of aliphatic hydroxyl groups is 1. The van der Waals surface area contributed by atoms with Crippen molar-refractivity contribution in [3.8, 4) is 45.5 Å². The third-order valence-electron chi connectivity index (χ3n) is 10.0. The number of aliphatic hydroxyl groups excluding tert-OH is 1. The van der Waals surface area contributed by atoms with Gasteiger partial charge in [-0.05, 0) is 55.5 Å². The van der Waals surface area contributed by atoms with E-state index < -0.39 is 0 Å². The Kier molecular flexibility index (Phi) is 10.5. The van der Waals surface area contributed by atoms with E-state index in [-0.39, 0.29) is 18.1 Å². The second kappa shape index (κ2) is 15.3. The highest BCUT2D eigenvalue weighted by molar-refractivity contribution is 6.36. The van der Waals surface area contributed by atoms with Gasteiger partial charge < -0.3 is 39.8 Å². The summed E-state index contributed by atoms with van der Waals surface area (Å²) in [5, 5.41) is 21.2. The first-order valence-electron chi connectivity index (χ1n) is 17.4. The number of nitrogens with one attached hydrogen (secondary N) is 3. The van der Waals surface area contributed by atoms with E-state index in [1.807, 2.05) is 54.7 Å². The summed E-state index contributed by atoms with van der Waals surface area (Å²) in [6.45, 7) is 2.70.